The number of benzene rings is 1. The average Bonchev–Trinajstić information content (AvgIpc) is 2.33. The standard InChI is InChI=1S/C12H13BrN2O2/c1-8-12(17)14-4-5-15(8)11-3-2-10(13)6-9(11)7-16/h2-3,6-8H,4-5H2,1H3,(H,14,17). The second-order valence-corrected chi connectivity index (χ2v) is 4.90. The smallest absolute Gasteiger partial charge is 0.242 e. The number of carbonyl (C=O) groups excluding carboxylic acids is 2. The minimum atomic E-state index is -0.247. The van der Waals surface area contributed by atoms with Crippen LogP contribution in [0, 0.1) is 0 Å². The minimum Gasteiger partial charge on any atom is -0.357 e. The van der Waals surface area contributed by atoms with Crippen LogP contribution in [-0.2, 0) is 4.79 Å². The molecule has 1 fully saturated rings. The summed E-state index contributed by atoms with van der Waals surface area (Å²) in [6.45, 7) is 3.16. The van der Waals surface area contributed by atoms with Crippen LogP contribution in [0.15, 0.2) is 22.7 Å². The Morgan fingerprint density at radius 3 is 3.00 bits per heavy atom. The van der Waals surface area contributed by atoms with Crippen molar-refractivity contribution in [2.45, 2.75) is 13.0 Å². The topological polar surface area (TPSA) is 49.4 Å². The van der Waals surface area contributed by atoms with Crippen molar-refractivity contribution in [3.05, 3.63) is 28.2 Å². The Balaban J connectivity index is 2.38. The zero-order chi connectivity index (χ0) is 12.4. The normalized spacial score (nSPS) is 20.0. The molecule has 1 N–H and O–H groups in total. The van der Waals surface area contributed by atoms with E-state index in [1.54, 1.807) is 6.07 Å². The van der Waals surface area contributed by atoms with E-state index in [-0.39, 0.29) is 11.9 Å². The van der Waals surface area contributed by atoms with Gasteiger partial charge in [-0.05, 0) is 25.1 Å². The van der Waals surface area contributed by atoms with Crippen molar-refractivity contribution < 1.29 is 9.59 Å². The van der Waals surface area contributed by atoms with Gasteiger partial charge in [-0.15, -0.1) is 0 Å². The third-order valence-electron chi connectivity index (χ3n) is 2.92. The lowest BCUT2D eigenvalue weighted by Crippen LogP contribution is -2.54. The van der Waals surface area contributed by atoms with Crippen LogP contribution in [0.1, 0.15) is 17.3 Å². The summed E-state index contributed by atoms with van der Waals surface area (Å²) in [7, 11) is 0. The van der Waals surface area contributed by atoms with Crippen LogP contribution in [0.2, 0.25) is 0 Å². The highest BCUT2D eigenvalue weighted by Crippen LogP contribution is 2.25. The van der Waals surface area contributed by atoms with E-state index in [0.29, 0.717) is 12.1 Å². The Morgan fingerprint density at radius 1 is 1.53 bits per heavy atom. The van der Waals surface area contributed by atoms with E-state index in [1.165, 1.54) is 0 Å². The molecule has 1 aromatic rings. The van der Waals surface area contributed by atoms with Gasteiger partial charge in [-0.3, -0.25) is 9.59 Å². The van der Waals surface area contributed by atoms with Gasteiger partial charge in [-0.1, -0.05) is 15.9 Å². The zero-order valence-corrected chi connectivity index (χ0v) is 11.0. The summed E-state index contributed by atoms with van der Waals surface area (Å²) in [5.41, 5.74) is 1.41. The van der Waals surface area contributed by atoms with Gasteiger partial charge in [-0.2, -0.15) is 0 Å². The van der Waals surface area contributed by atoms with Gasteiger partial charge in [0.1, 0.15) is 6.04 Å². The number of nitrogens with one attached hydrogen (secondary N) is 1. The van der Waals surface area contributed by atoms with Gasteiger partial charge >= 0.3 is 0 Å². The quantitative estimate of drug-likeness (QED) is 0.843. The van der Waals surface area contributed by atoms with Crippen molar-refractivity contribution in [3.63, 3.8) is 0 Å². The van der Waals surface area contributed by atoms with Crippen molar-refractivity contribution in [2.24, 2.45) is 0 Å². The molecule has 0 aliphatic carbocycles. The summed E-state index contributed by atoms with van der Waals surface area (Å²) in [5.74, 6) is -0.00369. The van der Waals surface area contributed by atoms with Crippen molar-refractivity contribution in [3.8, 4) is 0 Å². The second kappa shape index (κ2) is 4.87. The van der Waals surface area contributed by atoms with E-state index < -0.39 is 0 Å². The molecule has 1 atom stereocenters. The highest BCUT2D eigenvalue weighted by molar-refractivity contribution is 9.10. The molecule has 1 unspecified atom stereocenters. The van der Waals surface area contributed by atoms with Crippen LogP contribution in [0.5, 0.6) is 0 Å². The summed E-state index contributed by atoms with van der Waals surface area (Å²) in [4.78, 5) is 24.6. The molecule has 2 rings (SSSR count). The highest BCUT2D eigenvalue weighted by atomic mass is 79.9. The van der Waals surface area contributed by atoms with Gasteiger partial charge in [0.15, 0.2) is 6.29 Å². The first kappa shape index (κ1) is 12.1. The number of piperazine rings is 1. The Hall–Kier alpha value is -1.36. The molecule has 5 heteroatoms. The van der Waals surface area contributed by atoms with Crippen LogP contribution in [0.25, 0.3) is 0 Å². The predicted molar refractivity (Wildman–Crippen MR) is 69.3 cm³/mol. The molecule has 0 saturated carbocycles. The second-order valence-electron chi connectivity index (χ2n) is 3.98. The molecule has 1 amide bonds. The third kappa shape index (κ3) is 2.34. The zero-order valence-electron chi connectivity index (χ0n) is 9.44. The fourth-order valence-corrected chi connectivity index (χ4v) is 2.37. The summed E-state index contributed by atoms with van der Waals surface area (Å²) < 4.78 is 0.859. The van der Waals surface area contributed by atoms with Crippen LogP contribution >= 0.6 is 15.9 Å². The number of aldehydes is 1. The molecule has 0 bridgehead atoms. The molecule has 0 spiro atoms. The lowest BCUT2D eigenvalue weighted by molar-refractivity contribution is -0.122. The van der Waals surface area contributed by atoms with Crippen molar-refractivity contribution in [2.75, 3.05) is 18.0 Å². The van der Waals surface area contributed by atoms with E-state index >= 15 is 0 Å². The maximum atomic E-state index is 11.6. The van der Waals surface area contributed by atoms with E-state index in [2.05, 4.69) is 21.2 Å². The lowest BCUT2D eigenvalue weighted by atomic mass is 10.1. The molecular weight excluding hydrogens is 284 g/mol. The molecule has 1 aliphatic rings. The fraction of sp³-hybridized carbons (Fsp3) is 0.333. The largest absolute Gasteiger partial charge is 0.357 e. The minimum absolute atomic E-state index is 0.00369. The maximum Gasteiger partial charge on any atom is 0.242 e. The van der Waals surface area contributed by atoms with Gasteiger partial charge < -0.3 is 10.2 Å². The Morgan fingerprint density at radius 2 is 2.29 bits per heavy atom. The molecule has 1 saturated heterocycles. The number of hydrogen-bond acceptors (Lipinski definition) is 3. The van der Waals surface area contributed by atoms with Crippen molar-refractivity contribution in [1.82, 2.24) is 5.32 Å². The van der Waals surface area contributed by atoms with Gasteiger partial charge in [-0.25, -0.2) is 0 Å². The van der Waals surface area contributed by atoms with Crippen LogP contribution < -0.4 is 10.2 Å². The lowest BCUT2D eigenvalue weighted by Gasteiger charge is -2.35. The van der Waals surface area contributed by atoms with Crippen molar-refractivity contribution >= 4 is 33.8 Å². The number of nitrogens with zero attached hydrogens (tertiary/aromatic N) is 1. The molecule has 1 heterocycles. The van der Waals surface area contributed by atoms with Gasteiger partial charge in [0.2, 0.25) is 5.91 Å². The number of anilines is 1. The van der Waals surface area contributed by atoms with Crippen LogP contribution in [0.4, 0.5) is 5.69 Å². The number of hydrogen-bond donors (Lipinski definition) is 1. The summed E-state index contributed by atoms with van der Waals surface area (Å²) in [6.07, 6.45) is 0.819. The summed E-state index contributed by atoms with van der Waals surface area (Å²) in [5, 5.41) is 2.80. The predicted octanol–water partition coefficient (Wildman–Crippen LogP) is 1.59. The monoisotopic (exact) mass is 296 g/mol. The molecule has 4 nitrogen and oxygen atoms in total. The Bertz CT molecular complexity index is 462. The first-order valence-corrected chi connectivity index (χ1v) is 6.22. The van der Waals surface area contributed by atoms with Crippen molar-refractivity contribution in [1.29, 1.82) is 0 Å². The molecule has 90 valence electrons. The number of rotatable bonds is 2. The van der Waals surface area contributed by atoms with E-state index in [1.807, 2.05) is 24.0 Å². The average molecular weight is 297 g/mol. The van der Waals surface area contributed by atoms with Gasteiger partial charge in [0.25, 0.3) is 0 Å². The summed E-state index contributed by atoms with van der Waals surface area (Å²) >= 11 is 3.33. The van der Waals surface area contributed by atoms with E-state index in [4.69, 9.17) is 0 Å². The van der Waals surface area contributed by atoms with E-state index in [0.717, 1.165) is 23.0 Å². The highest BCUT2D eigenvalue weighted by Gasteiger charge is 2.26. The number of amides is 1. The fourth-order valence-electron chi connectivity index (χ4n) is 1.99. The van der Waals surface area contributed by atoms with Crippen LogP contribution in [-0.4, -0.2) is 31.3 Å². The van der Waals surface area contributed by atoms with Gasteiger partial charge in [0, 0.05) is 28.8 Å². The SMILES string of the molecule is CC1C(=O)NCCN1c1ccc(Br)cc1C=O. The first-order chi connectivity index (χ1) is 8.13. The Labute approximate surface area is 108 Å². The van der Waals surface area contributed by atoms with Gasteiger partial charge in [0.05, 0.1) is 0 Å². The maximum absolute atomic E-state index is 11.6. The molecule has 0 aromatic heterocycles. The molecule has 0 radical (unpaired) electrons. The van der Waals surface area contributed by atoms with Crippen LogP contribution in [0.3, 0.4) is 0 Å². The first-order valence-electron chi connectivity index (χ1n) is 5.42. The number of carbonyl (C=O) groups is 2. The summed E-state index contributed by atoms with van der Waals surface area (Å²) in [6, 6.07) is 5.26. The van der Waals surface area contributed by atoms with E-state index in [9.17, 15) is 9.59 Å². The Kier molecular flexibility index (Phi) is 3.47. The molecular formula is C12H13BrN2O2. The molecule has 1 aromatic carbocycles. The molecule has 1 aliphatic heterocycles. The molecule has 17 heavy (non-hydrogen) atoms. The third-order valence-corrected chi connectivity index (χ3v) is 3.42. The number of halogens is 1.